The lowest BCUT2D eigenvalue weighted by molar-refractivity contribution is -0.141. The number of likely N-dealkylation sites (tertiary alicyclic amines) is 1. The SMILES string of the molecule is O=C(Nc1ccc(Br)cc1)[C@H]1[C@@H]2C=C[C@]3(O2)[C@@H]1C(=O)N(CCCN1CCN(Cc2ccccc2)CC1)[C@H]3C(=O)NC1CCCCC1. The van der Waals surface area contributed by atoms with Crippen molar-refractivity contribution >= 4 is 39.3 Å². The van der Waals surface area contributed by atoms with Crippen molar-refractivity contribution in [2.75, 3.05) is 44.6 Å². The van der Waals surface area contributed by atoms with E-state index in [1.807, 2.05) is 36.4 Å². The maximum Gasteiger partial charge on any atom is 0.246 e. The number of nitrogens with zero attached hydrogens (tertiary/aromatic N) is 3. The number of nitrogens with one attached hydrogen (secondary N) is 2. The molecule has 7 rings (SSSR count). The van der Waals surface area contributed by atoms with E-state index < -0.39 is 29.6 Å². The summed E-state index contributed by atoms with van der Waals surface area (Å²) in [6.07, 6.45) is 9.30. The van der Waals surface area contributed by atoms with E-state index in [1.54, 1.807) is 4.90 Å². The first-order valence-electron chi connectivity index (χ1n) is 16.9. The summed E-state index contributed by atoms with van der Waals surface area (Å²) in [5.74, 6) is -2.00. The van der Waals surface area contributed by atoms with Gasteiger partial charge in [0.05, 0.1) is 17.9 Å². The smallest absolute Gasteiger partial charge is 0.246 e. The van der Waals surface area contributed by atoms with Crippen molar-refractivity contribution in [3.05, 3.63) is 76.8 Å². The Balaban J connectivity index is 1.04. The number of carbonyl (C=O) groups is 3. The van der Waals surface area contributed by atoms with Gasteiger partial charge in [0.25, 0.3) is 0 Å². The number of hydrogen-bond donors (Lipinski definition) is 2. The second-order valence-electron chi connectivity index (χ2n) is 13.5. The first-order chi connectivity index (χ1) is 22.4. The van der Waals surface area contributed by atoms with Crippen LogP contribution in [-0.2, 0) is 25.7 Å². The molecule has 9 nitrogen and oxygen atoms in total. The molecule has 4 heterocycles. The van der Waals surface area contributed by atoms with Crippen molar-refractivity contribution in [1.29, 1.82) is 0 Å². The second kappa shape index (κ2) is 13.6. The summed E-state index contributed by atoms with van der Waals surface area (Å²) >= 11 is 3.44. The maximum atomic E-state index is 14.3. The van der Waals surface area contributed by atoms with Gasteiger partial charge in [-0.1, -0.05) is 77.7 Å². The molecule has 4 fully saturated rings. The van der Waals surface area contributed by atoms with E-state index >= 15 is 0 Å². The average Bonchev–Trinajstić information content (AvgIpc) is 3.71. The van der Waals surface area contributed by atoms with Crippen molar-refractivity contribution in [3.63, 3.8) is 0 Å². The van der Waals surface area contributed by atoms with Crippen LogP contribution in [0.25, 0.3) is 0 Å². The number of ether oxygens (including phenoxy) is 1. The number of benzene rings is 2. The molecule has 5 aliphatic rings. The predicted molar refractivity (Wildman–Crippen MR) is 180 cm³/mol. The van der Waals surface area contributed by atoms with Gasteiger partial charge in [-0.2, -0.15) is 0 Å². The highest BCUT2D eigenvalue weighted by Gasteiger charge is 2.72. The molecule has 1 saturated carbocycles. The lowest BCUT2D eigenvalue weighted by Crippen LogP contribution is -2.56. The van der Waals surface area contributed by atoms with Crippen LogP contribution >= 0.6 is 15.9 Å². The molecule has 2 N–H and O–H groups in total. The van der Waals surface area contributed by atoms with Crippen molar-refractivity contribution < 1.29 is 19.1 Å². The molecule has 3 amide bonds. The maximum absolute atomic E-state index is 14.3. The Morgan fingerprint density at radius 2 is 1.61 bits per heavy atom. The minimum atomic E-state index is -1.13. The van der Waals surface area contributed by atoms with Crippen LogP contribution in [0.15, 0.2) is 71.2 Å². The third-order valence-electron chi connectivity index (χ3n) is 10.6. The van der Waals surface area contributed by atoms with Crippen LogP contribution in [0.1, 0.15) is 44.1 Å². The Morgan fingerprint density at radius 1 is 0.891 bits per heavy atom. The monoisotopic (exact) mass is 689 g/mol. The van der Waals surface area contributed by atoms with Gasteiger partial charge in [0.2, 0.25) is 17.7 Å². The molecule has 5 atom stereocenters. The zero-order valence-corrected chi connectivity index (χ0v) is 27.9. The lowest BCUT2D eigenvalue weighted by atomic mass is 9.74. The normalized spacial score (nSPS) is 29.7. The molecule has 244 valence electrons. The standard InChI is InChI=1S/C36H44BrN5O4/c37-26-12-14-28(15-13-26)38-33(43)30-29-16-17-36(46-29)31(30)35(45)42(32(36)34(44)39-27-10-5-2-6-11-27)19-7-18-40-20-22-41(23-21-40)24-25-8-3-1-4-9-25/h1,3-4,8-9,12-17,27,29-32H,2,5-7,10-11,18-24H2,(H,38,43)(H,39,44)/t29-,30-,31-,32-,36-/m0/s1. The highest BCUT2D eigenvalue weighted by atomic mass is 79.9. The molecular formula is C36H44BrN5O4. The first-order valence-corrected chi connectivity index (χ1v) is 17.7. The van der Waals surface area contributed by atoms with Gasteiger partial charge in [-0.25, -0.2) is 0 Å². The van der Waals surface area contributed by atoms with Gasteiger partial charge in [-0.05, 0) is 55.6 Å². The van der Waals surface area contributed by atoms with Gasteiger partial charge in [0.1, 0.15) is 11.6 Å². The highest BCUT2D eigenvalue weighted by molar-refractivity contribution is 9.10. The van der Waals surface area contributed by atoms with Crippen molar-refractivity contribution in [2.45, 2.75) is 68.9 Å². The van der Waals surface area contributed by atoms with Crippen LogP contribution in [0.2, 0.25) is 0 Å². The molecule has 1 aliphatic carbocycles. The Bertz CT molecular complexity index is 1440. The summed E-state index contributed by atoms with van der Waals surface area (Å²) in [6, 6.07) is 17.3. The van der Waals surface area contributed by atoms with Gasteiger partial charge in [-0.3, -0.25) is 19.3 Å². The number of amides is 3. The zero-order chi connectivity index (χ0) is 31.7. The molecular weight excluding hydrogens is 646 g/mol. The molecule has 2 bridgehead atoms. The minimum absolute atomic E-state index is 0.111. The van der Waals surface area contributed by atoms with Gasteiger partial charge in [0, 0.05) is 55.5 Å². The van der Waals surface area contributed by atoms with E-state index in [4.69, 9.17) is 4.74 Å². The average molecular weight is 691 g/mol. The van der Waals surface area contributed by atoms with Gasteiger partial charge >= 0.3 is 0 Å². The van der Waals surface area contributed by atoms with E-state index in [9.17, 15) is 14.4 Å². The van der Waals surface area contributed by atoms with Gasteiger partial charge < -0.3 is 25.2 Å². The van der Waals surface area contributed by atoms with E-state index in [-0.39, 0.29) is 23.8 Å². The van der Waals surface area contributed by atoms with Crippen LogP contribution in [0.4, 0.5) is 5.69 Å². The second-order valence-corrected chi connectivity index (χ2v) is 14.4. The fourth-order valence-electron chi connectivity index (χ4n) is 8.27. The number of fused-ring (bicyclic) bond motifs is 1. The number of halogens is 1. The van der Waals surface area contributed by atoms with Crippen LogP contribution in [0.5, 0.6) is 0 Å². The summed E-state index contributed by atoms with van der Waals surface area (Å²) in [6.45, 7) is 6.23. The van der Waals surface area contributed by atoms with Crippen LogP contribution < -0.4 is 10.6 Å². The quantitative estimate of drug-likeness (QED) is 0.364. The molecule has 0 aromatic heterocycles. The molecule has 3 saturated heterocycles. The molecule has 0 radical (unpaired) electrons. The van der Waals surface area contributed by atoms with E-state index in [0.717, 1.165) is 75.8 Å². The summed E-state index contributed by atoms with van der Waals surface area (Å²) in [7, 11) is 0. The first kappa shape index (κ1) is 31.5. The third-order valence-corrected chi connectivity index (χ3v) is 11.1. The summed E-state index contributed by atoms with van der Waals surface area (Å²) < 4.78 is 7.45. The predicted octanol–water partition coefficient (Wildman–Crippen LogP) is 4.20. The third kappa shape index (κ3) is 6.29. The topological polar surface area (TPSA) is 94.2 Å². The van der Waals surface area contributed by atoms with E-state index in [0.29, 0.717) is 12.2 Å². The summed E-state index contributed by atoms with van der Waals surface area (Å²) in [5.41, 5.74) is 0.859. The van der Waals surface area contributed by atoms with E-state index in [1.165, 1.54) is 12.0 Å². The summed E-state index contributed by atoms with van der Waals surface area (Å²) in [5, 5.41) is 6.29. The molecule has 1 spiro atoms. The molecule has 2 aromatic carbocycles. The van der Waals surface area contributed by atoms with Crippen LogP contribution in [0.3, 0.4) is 0 Å². The largest absolute Gasteiger partial charge is 0.359 e. The highest BCUT2D eigenvalue weighted by Crippen LogP contribution is 2.55. The summed E-state index contributed by atoms with van der Waals surface area (Å²) in [4.78, 5) is 48.8. The zero-order valence-electron chi connectivity index (χ0n) is 26.3. The molecule has 4 aliphatic heterocycles. The Labute approximate surface area is 279 Å². The molecule has 10 heteroatoms. The van der Waals surface area contributed by atoms with Gasteiger partial charge in [0.15, 0.2) is 0 Å². The lowest BCUT2D eigenvalue weighted by Gasteiger charge is -2.36. The van der Waals surface area contributed by atoms with Crippen LogP contribution in [-0.4, -0.2) is 95.5 Å². The number of piperazine rings is 1. The minimum Gasteiger partial charge on any atom is -0.359 e. The number of carbonyl (C=O) groups excluding carboxylic acids is 3. The van der Waals surface area contributed by atoms with Crippen molar-refractivity contribution in [1.82, 2.24) is 20.0 Å². The van der Waals surface area contributed by atoms with E-state index in [2.05, 4.69) is 66.7 Å². The fourth-order valence-corrected chi connectivity index (χ4v) is 8.54. The number of anilines is 1. The number of rotatable bonds is 10. The number of hydrogen-bond acceptors (Lipinski definition) is 6. The molecule has 0 unspecified atom stereocenters. The Hall–Kier alpha value is -3.05. The Morgan fingerprint density at radius 3 is 2.35 bits per heavy atom. The fraction of sp³-hybridized carbons (Fsp3) is 0.528. The molecule has 46 heavy (non-hydrogen) atoms. The van der Waals surface area contributed by atoms with Crippen molar-refractivity contribution in [2.24, 2.45) is 11.8 Å². The van der Waals surface area contributed by atoms with Gasteiger partial charge in [-0.15, -0.1) is 0 Å². The molecule has 2 aromatic rings. The van der Waals surface area contributed by atoms with Crippen LogP contribution in [0, 0.1) is 11.8 Å². The Kier molecular flexibility index (Phi) is 9.32. The van der Waals surface area contributed by atoms with Crippen molar-refractivity contribution in [3.8, 4) is 0 Å².